The number of nitrogens with one attached hydrogen (secondary N) is 1. The Morgan fingerprint density at radius 3 is 2.89 bits per heavy atom. The van der Waals surface area contributed by atoms with Gasteiger partial charge in [-0.2, -0.15) is 0 Å². The van der Waals surface area contributed by atoms with Gasteiger partial charge in [0.15, 0.2) is 12.4 Å². The van der Waals surface area contributed by atoms with Gasteiger partial charge in [-0.15, -0.1) is 0 Å². The fourth-order valence-corrected chi connectivity index (χ4v) is 2.88. The van der Waals surface area contributed by atoms with Gasteiger partial charge in [-0.3, -0.25) is 9.59 Å². The van der Waals surface area contributed by atoms with E-state index in [1.807, 2.05) is 6.92 Å². The second-order valence-electron chi connectivity index (χ2n) is 5.16. The number of ketones is 1. The predicted octanol–water partition coefficient (Wildman–Crippen LogP) is 3.01. The van der Waals surface area contributed by atoms with Gasteiger partial charge in [0, 0.05) is 16.0 Å². The van der Waals surface area contributed by atoms with Crippen LogP contribution in [0.2, 0.25) is 0 Å². The maximum atomic E-state index is 12.4. The molecule has 0 aromatic heterocycles. The van der Waals surface area contributed by atoms with Crippen molar-refractivity contribution in [1.29, 1.82) is 0 Å². The molecule has 0 bridgehead atoms. The summed E-state index contributed by atoms with van der Waals surface area (Å²) >= 11 is 3.41. The third-order valence-corrected chi connectivity index (χ3v) is 4.37. The van der Waals surface area contributed by atoms with Crippen LogP contribution >= 0.6 is 15.9 Å². The number of benzene rings is 1. The predicted molar refractivity (Wildman–Crippen MR) is 74.5 cm³/mol. The van der Waals surface area contributed by atoms with E-state index >= 15 is 0 Å². The first-order chi connectivity index (χ1) is 9.06. The number of amides is 1. The number of fused-ring (bicyclic) bond motifs is 1. The van der Waals surface area contributed by atoms with Crippen molar-refractivity contribution in [1.82, 2.24) is 0 Å². The van der Waals surface area contributed by atoms with Gasteiger partial charge in [0.05, 0.1) is 5.69 Å². The van der Waals surface area contributed by atoms with E-state index in [0.29, 0.717) is 27.4 Å². The number of ether oxygens (including phenoxy) is 1. The molecule has 1 amide bonds. The van der Waals surface area contributed by atoms with Crippen LogP contribution in [0.15, 0.2) is 16.6 Å². The number of carbonyl (C=O) groups excluding carboxylic acids is 2. The molecule has 1 aliphatic carbocycles. The van der Waals surface area contributed by atoms with Crippen molar-refractivity contribution in [3.63, 3.8) is 0 Å². The van der Waals surface area contributed by atoms with E-state index in [4.69, 9.17) is 4.74 Å². The molecule has 1 fully saturated rings. The monoisotopic (exact) mass is 323 g/mol. The molecule has 1 aromatic rings. The van der Waals surface area contributed by atoms with E-state index in [2.05, 4.69) is 21.2 Å². The van der Waals surface area contributed by atoms with Crippen molar-refractivity contribution in [2.24, 2.45) is 11.8 Å². The molecule has 1 atom stereocenters. The average Bonchev–Trinajstić information content (AvgIpc) is 3.20. The van der Waals surface area contributed by atoms with Crippen molar-refractivity contribution >= 4 is 33.3 Å². The normalized spacial score (nSPS) is 19.2. The molecule has 1 unspecified atom stereocenters. The van der Waals surface area contributed by atoms with Crippen LogP contribution in [0.4, 0.5) is 5.69 Å². The fourth-order valence-electron chi connectivity index (χ4n) is 2.34. The Kier molecular flexibility index (Phi) is 3.09. The lowest BCUT2D eigenvalue weighted by Gasteiger charge is -2.20. The second kappa shape index (κ2) is 4.63. The first kappa shape index (κ1) is 12.7. The molecule has 1 aliphatic heterocycles. The molecule has 3 rings (SSSR count). The summed E-state index contributed by atoms with van der Waals surface area (Å²) in [6.45, 7) is 1.98. The van der Waals surface area contributed by atoms with Crippen molar-refractivity contribution in [2.75, 3.05) is 11.9 Å². The number of Topliss-reactive ketones (excluding diaryl/α,β-unsaturated/α-hetero) is 1. The zero-order valence-corrected chi connectivity index (χ0v) is 12.1. The van der Waals surface area contributed by atoms with Crippen LogP contribution in [0, 0.1) is 11.8 Å². The van der Waals surface area contributed by atoms with Gasteiger partial charge in [-0.25, -0.2) is 0 Å². The minimum absolute atomic E-state index is 0.000438. The highest BCUT2D eigenvalue weighted by Gasteiger charge is 2.34. The maximum absolute atomic E-state index is 12.4. The number of hydrogen-bond donors (Lipinski definition) is 1. The van der Waals surface area contributed by atoms with Gasteiger partial charge >= 0.3 is 0 Å². The van der Waals surface area contributed by atoms with E-state index in [0.717, 1.165) is 12.8 Å². The van der Waals surface area contributed by atoms with Crippen molar-refractivity contribution in [3.8, 4) is 5.75 Å². The lowest BCUT2D eigenvalue weighted by molar-refractivity contribution is -0.118. The van der Waals surface area contributed by atoms with Crippen LogP contribution in [-0.4, -0.2) is 18.3 Å². The number of rotatable bonds is 3. The maximum Gasteiger partial charge on any atom is 0.262 e. The third-order valence-electron chi connectivity index (χ3n) is 3.71. The van der Waals surface area contributed by atoms with Crippen LogP contribution in [0.3, 0.4) is 0 Å². The smallest absolute Gasteiger partial charge is 0.262 e. The molecule has 0 spiro atoms. The molecule has 100 valence electrons. The Bertz CT molecular complexity index is 566. The van der Waals surface area contributed by atoms with Crippen LogP contribution in [0.5, 0.6) is 5.75 Å². The number of anilines is 1. The summed E-state index contributed by atoms with van der Waals surface area (Å²) in [5.74, 6) is 1.10. The van der Waals surface area contributed by atoms with Gasteiger partial charge in [0.1, 0.15) is 5.75 Å². The molecule has 0 saturated heterocycles. The van der Waals surface area contributed by atoms with E-state index in [1.165, 1.54) is 0 Å². The molecule has 1 aromatic carbocycles. The van der Waals surface area contributed by atoms with E-state index in [-0.39, 0.29) is 24.2 Å². The number of hydrogen-bond acceptors (Lipinski definition) is 3. The summed E-state index contributed by atoms with van der Waals surface area (Å²) < 4.78 is 6.06. The molecule has 4 nitrogen and oxygen atoms in total. The molecule has 5 heteroatoms. The van der Waals surface area contributed by atoms with Crippen LogP contribution < -0.4 is 10.1 Å². The summed E-state index contributed by atoms with van der Waals surface area (Å²) in [7, 11) is 0. The highest BCUT2D eigenvalue weighted by Crippen LogP contribution is 2.40. The Labute approximate surface area is 119 Å². The average molecular weight is 324 g/mol. The molecular formula is C14H14BrNO3. The molecule has 0 radical (unpaired) electrons. The SMILES string of the molecule is CC(C(=O)c1cc2c(cc1Br)NC(=O)CO2)C1CC1. The number of carbonyl (C=O) groups is 2. The largest absolute Gasteiger partial charge is 0.482 e. The van der Waals surface area contributed by atoms with Gasteiger partial charge in [0.2, 0.25) is 0 Å². The van der Waals surface area contributed by atoms with Crippen LogP contribution in [0.25, 0.3) is 0 Å². The quantitative estimate of drug-likeness (QED) is 0.870. The second-order valence-corrected chi connectivity index (χ2v) is 6.01. The first-order valence-corrected chi connectivity index (χ1v) is 7.16. The van der Waals surface area contributed by atoms with E-state index < -0.39 is 0 Å². The summed E-state index contributed by atoms with van der Waals surface area (Å²) in [5, 5.41) is 2.73. The van der Waals surface area contributed by atoms with Gasteiger partial charge in [-0.1, -0.05) is 6.92 Å². The van der Waals surface area contributed by atoms with Crippen molar-refractivity contribution < 1.29 is 14.3 Å². The van der Waals surface area contributed by atoms with E-state index in [1.54, 1.807) is 12.1 Å². The molecule has 1 N–H and O–H groups in total. The lowest BCUT2D eigenvalue weighted by Crippen LogP contribution is -2.26. The topological polar surface area (TPSA) is 55.4 Å². The minimum Gasteiger partial charge on any atom is -0.482 e. The Morgan fingerprint density at radius 2 is 2.21 bits per heavy atom. The fraction of sp³-hybridized carbons (Fsp3) is 0.429. The molecule has 19 heavy (non-hydrogen) atoms. The lowest BCUT2D eigenvalue weighted by atomic mass is 9.94. The summed E-state index contributed by atoms with van der Waals surface area (Å²) in [6, 6.07) is 3.46. The Hall–Kier alpha value is -1.36. The zero-order valence-electron chi connectivity index (χ0n) is 10.5. The Morgan fingerprint density at radius 1 is 1.47 bits per heavy atom. The Balaban J connectivity index is 1.93. The minimum atomic E-state index is -0.176. The van der Waals surface area contributed by atoms with E-state index in [9.17, 15) is 9.59 Å². The summed E-state index contributed by atoms with van der Waals surface area (Å²) in [6.07, 6.45) is 2.28. The molecule has 2 aliphatic rings. The third kappa shape index (κ3) is 2.39. The van der Waals surface area contributed by atoms with Crippen LogP contribution in [0.1, 0.15) is 30.1 Å². The molecule has 1 saturated carbocycles. The molecule has 1 heterocycles. The first-order valence-electron chi connectivity index (χ1n) is 6.36. The molecular weight excluding hydrogens is 310 g/mol. The van der Waals surface area contributed by atoms with Crippen molar-refractivity contribution in [2.45, 2.75) is 19.8 Å². The summed E-state index contributed by atoms with van der Waals surface area (Å²) in [5.41, 5.74) is 1.24. The standard InChI is InChI=1S/C14H14BrNO3/c1-7(8-2-3-8)14(18)9-4-12-11(5-10(9)15)16-13(17)6-19-12/h4-5,7-8H,2-3,6H2,1H3,(H,16,17). The number of halogens is 1. The van der Waals surface area contributed by atoms with Gasteiger partial charge in [-0.05, 0) is 46.8 Å². The van der Waals surface area contributed by atoms with Gasteiger partial charge in [0.25, 0.3) is 5.91 Å². The van der Waals surface area contributed by atoms with Crippen LogP contribution in [-0.2, 0) is 4.79 Å². The van der Waals surface area contributed by atoms with Crippen molar-refractivity contribution in [3.05, 3.63) is 22.2 Å². The highest BCUT2D eigenvalue weighted by atomic mass is 79.9. The summed E-state index contributed by atoms with van der Waals surface area (Å²) in [4.78, 5) is 23.7. The van der Waals surface area contributed by atoms with Gasteiger partial charge < -0.3 is 10.1 Å². The zero-order chi connectivity index (χ0) is 13.6. The highest BCUT2D eigenvalue weighted by molar-refractivity contribution is 9.10.